The highest BCUT2D eigenvalue weighted by Crippen LogP contribution is 2.46. The minimum atomic E-state index is 1.14. The Morgan fingerprint density at radius 3 is 1.62 bits per heavy atom. The molecule has 0 unspecified atom stereocenters. The molecule has 6 aromatic carbocycles. The third-order valence-electron chi connectivity index (χ3n) is 7.04. The molecule has 0 N–H and O–H groups in total. The van der Waals surface area contributed by atoms with Gasteiger partial charge in [0.15, 0.2) is 0 Å². The Labute approximate surface area is 209 Å². The lowest BCUT2D eigenvalue weighted by molar-refractivity contribution is 1.22. The van der Waals surface area contributed by atoms with Crippen molar-refractivity contribution in [3.05, 3.63) is 112 Å². The van der Waals surface area contributed by atoms with Crippen molar-refractivity contribution in [1.29, 1.82) is 0 Å². The predicted octanol–water partition coefficient (Wildman–Crippen LogP) is 10.0. The van der Waals surface area contributed by atoms with E-state index in [1.807, 2.05) is 0 Å². The number of benzene rings is 6. The van der Waals surface area contributed by atoms with E-state index in [0.29, 0.717) is 0 Å². The molecule has 0 fully saturated rings. The van der Waals surface area contributed by atoms with Crippen molar-refractivity contribution in [2.24, 2.45) is 0 Å². The number of aryl methyl sites for hydroxylation is 4. The summed E-state index contributed by atoms with van der Waals surface area (Å²) in [4.78, 5) is 2.46. The van der Waals surface area contributed by atoms with Gasteiger partial charge in [-0.15, -0.1) is 0 Å². The van der Waals surface area contributed by atoms with Crippen LogP contribution in [-0.2, 0) is 0 Å². The third kappa shape index (κ3) is 3.20. The summed E-state index contributed by atoms with van der Waals surface area (Å²) in [6, 6.07) is 31.5. The zero-order valence-electron chi connectivity index (χ0n) is 19.9. The van der Waals surface area contributed by atoms with Crippen LogP contribution in [0.5, 0.6) is 0 Å². The van der Waals surface area contributed by atoms with Gasteiger partial charge in [0.1, 0.15) is 0 Å². The van der Waals surface area contributed by atoms with Crippen LogP contribution in [0.4, 0.5) is 17.1 Å². The molecular formula is C32H26BrN. The maximum atomic E-state index is 3.79. The second-order valence-corrected chi connectivity index (χ2v) is 10.3. The molecule has 1 nitrogen and oxygen atoms in total. The van der Waals surface area contributed by atoms with Crippen LogP contribution in [0.2, 0.25) is 0 Å². The molecule has 2 heteroatoms. The third-order valence-corrected chi connectivity index (χ3v) is 7.73. The standard InChI is InChI=1S/C32H26BrN/c1-19-5-7-21(3)29(17-19)34(30-18-20(2)6-8-22(30)4)28-16-12-24-9-13-25-27(33)15-11-23-10-14-26(28)32(24)31(23)25/h5-18H,1-4H3. The normalized spacial score (nSPS) is 11.7. The van der Waals surface area contributed by atoms with Crippen molar-refractivity contribution in [3.8, 4) is 0 Å². The number of anilines is 3. The monoisotopic (exact) mass is 503 g/mol. The molecule has 0 heterocycles. The van der Waals surface area contributed by atoms with Gasteiger partial charge in [-0.05, 0) is 101 Å². The fraction of sp³-hybridized carbons (Fsp3) is 0.125. The van der Waals surface area contributed by atoms with Gasteiger partial charge in [-0.25, -0.2) is 0 Å². The molecule has 0 saturated carbocycles. The van der Waals surface area contributed by atoms with Crippen LogP contribution in [0.1, 0.15) is 22.3 Å². The number of nitrogens with zero attached hydrogens (tertiary/aromatic N) is 1. The topological polar surface area (TPSA) is 3.24 Å². The van der Waals surface area contributed by atoms with Crippen LogP contribution < -0.4 is 4.90 Å². The Bertz CT molecular complexity index is 1660. The second-order valence-electron chi connectivity index (χ2n) is 9.47. The van der Waals surface area contributed by atoms with E-state index in [0.717, 1.165) is 4.47 Å². The Morgan fingerprint density at radius 1 is 0.500 bits per heavy atom. The fourth-order valence-corrected chi connectivity index (χ4v) is 5.72. The van der Waals surface area contributed by atoms with Gasteiger partial charge < -0.3 is 4.90 Å². The summed E-state index contributed by atoms with van der Waals surface area (Å²) in [6.45, 7) is 8.76. The van der Waals surface area contributed by atoms with Crippen molar-refractivity contribution >= 4 is 65.3 Å². The average Bonchev–Trinajstić information content (AvgIpc) is 2.84. The molecule has 0 aliphatic carbocycles. The second kappa shape index (κ2) is 7.85. The van der Waals surface area contributed by atoms with E-state index in [9.17, 15) is 0 Å². The molecule has 0 radical (unpaired) electrons. The van der Waals surface area contributed by atoms with E-state index in [1.165, 1.54) is 71.6 Å². The smallest absolute Gasteiger partial charge is 0.0540 e. The van der Waals surface area contributed by atoms with E-state index < -0.39 is 0 Å². The molecular weight excluding hydrogens is 478 g/mol. The number of hydrogen-bond acceptors (Lipinski definition) is 1. The lowest BCUT2D eigenvalue weighted by Crippen LogP contribution is -2.13. The van der Waals surface area contributed by atoms with Crippen LogP contribution in [0.3, 0.4) is 0 Å². The lowest BCUT2D eigenvalue weighted by atomic mass is 9.92. The molecule has 0 aromatic heterocycles. The molecule has 34 heavy (non-hydrogen) atoms. The quantitative estimate of drug-likeness (QED) is 0.217. The van der Waals surface area contributed by atoms with Crippen molar-refractivity contribution in [3.63, 3.8) is 0 Å². The van der Waals surface area contributed by atoms with Crippen LogP contribution in [0.15, 0.2) is 89.4 Å². The number of rotatable bonds is 3. The van der Waals surface area contributed by atoms with Crippen LogP contribution in [0, 0.1) is 27.7 Å². The molecule has 0 spiro atoms. The van der Waals surface area contributed by atoms with E-state index in [1.54, 1.807) is 0 Å². The largest absolute Gasteiger partial charge is 0.309 e. The van der Waals surface area contributed by atoms with Crippen LogP contribution >= 0.6 is 15.9 Å². The van der Waals surface area contributed by atoms with Gasteiger partial charge in [0.05, 0.1) is 5.69 Å². The molecule has 0 aliphatic rings. The predicted molar refractivity (Wildman–Crippen MR) is 151 cm³/mol. The molecule has 0 amide bonds. The fourth-order valence-electron chi connectivity index (χ4n) is 5.25. The molecule has 0 aliphatic heterocycles. The molecule has 6 aromatic rings. The highest BCUT2D eigenvalue weighted by Gasteiger charge is 2.21. The molecule has 0 saturated heterocycles. The van der Waals surface area contributed by atoms with Gasteiger partial charge in [-0.1, -0.05) is 76.6 Å². The number of halogens is 1. The van der Waals surface area contributed by atoms with Crippen LogP contribution in [0.25, 0.3) is 32.3 Å². The first-order valence-corrected chi connectivity index (χ1v) is 12.5. The van der Waals surface area contributed by atoms with Gasteiger partial charge in [0.2, 0.25) is 0 Å². The maximum absolute atomic E-state index is 3.79. The Kier molecular flexibility index (Phi) is 4.89. The summed E-state index contributed by atoms with van der Waals surface area (Å²) in [6.07, 6.45) is 0. The minimum Gasteiger partial charge on any atom is -0.309 e. The van der Waals surface area contributed by atoms with Gasteiger partial charge >= 0.3 is 0 Å². The Morgan fingerprint density at radius 2 is 1.00 bits per heavy atom. The SMILES string of the molecule is Cc1ccc(C)c(N(c2cc(C)ccc2C)c2ccc3ccc4c(Br)ccc5ccc2c3c54)c1. The van der Waals surface area contributed by atoms with Crippen molar-refractivity contribution in [2.75, 3.05) is 4.90 Å². The molecule has 166 valence electrons. The van der Waals surface area contributed by atoms with Crippen molar-refractivity contribution in [2.45, 2.75) is 27.7 Å². The van der Waals surface area contributed by atoms with Gasteiger partial charge in [0, 0.05) is 21.2 Å². The highest BCUT2D eigenvalue weighted by molar-refractivity contribution is 9.10. The number of hydrogen-bond donors (Lipinski definition) is 0. The maximum Gasteiger partial charge on any atom is 0.0540 e. The van der Waals surface area contributed by atoms with Crippen molar-refractivity contribution in [1.82, 2.24) is 0 Å². The molecule has 6 rings (SSSR count). The summed E-state index contributed by atoms with van der Waals surface area (Å²) in [7, 11) is 0. The minimum absolute atomic E-state index is 1.14. The van der Waals surface area contributed by atoms with Gasteiger partial charge in [-0.3, -0.25) is 0 Å². The van der Waals surface area contributed by atoms with Gasteiger partial charge in [-0.2, -0.15) is 0 Å². The summed E-state index contributed by atoms with van der Waals surface area (Å²) in [5, 5.41) is 7.74. The van der Waals surface area contributed by atoms with Gasteiger partial charge in [0.25, 0.3) is 0 Å². The zero-order chi connectivity index (χ0) is 23.6. The summed E-state index contributed by atoms with van der Waals surface area (Å²) in [5.41, 5.74) is 8.72. The lowest BCUT2D eigenvalue weighted by Gasteiger charge is -2.30. The Hall–Kier alpha value is -3.36. The molecule has 0 bridgehead atoms. The van der Waals surface area contributed by atoms with Crippen molar-refractivity contribution < 1.29 is 0 Å². The summed E-state index contributed by atoms with van der Waals surface area (Å²) in [5.74, 6) is 0. The average molecular weight is 504 g/mol. The van der Waals surface area contributed by atoms with Crippen LogP contribution in [-0.4, -0.2) is 0 Å². The summed E-state index contributed by atoms with van der Waals surface area (Å²) >= 11 is 3.79. The first-order valence-electron chi connectivity index (χ1n) is 11.7. The van der Waals surface area contributed by atoms with E-state index >= 15 is 0 Å². The highest BCUT2D eigenvalue weighted by atomic mass is 79.9. The first-order chi connectivity index (χ1) is 16.4. The Balaban J connectivity index is 1.76. The molecule has 0 atom stereocenters. The zero-order valence-corrected chi connectivity index (χ0v) is 21.5. The summed E-state index contributed by atoms with van der Waals surface area (Å²) < 4.78 is 1.14. The van der Waals surface area contributed by atoms with E-state index in [2.05, 4.69) is 133 Å². The van der Waals surface area contributed by atoms with E-state index in [-0.39, 0.29) is 0 Å². The van der Waals surface area contributed by atoms with E-state index in [4.69, 9.17) is 0 Å². The first kappa shape index (κ1) is 21.2.